The second-order valence-corrected chi connectivity index (χ2v) is 7.61. The summed E-state index contributed by atoms with van der Waals surface area (Å²) in [6.07, 6.45) is 12.9. The van der Waals surface area contributed by atoms with Crippen molar-refractivity contribution in [2.45, 2.75) is 75.7 Å². The monoisotopic (exact) mass is 392 g/mol. The summed E-state index contributed by atoms with van der Waals surface area (Å²) >= 11 is 0. The summed E-state index contributed by atoms with van der Waals surface area (Å²) in [5, 5.41) is 37.3. The van der Waals surface area contributed by atoms with Crippen molar-refractivity contribution in [3.05, 3.63) is 34.9 Å². The van der Waals surface area contributed by atoms with Crippen molar-refractivity contribution in [1.29, 1.82) is 0 Å². The van der Waals surface area contributed by atoms with E-state index in [1.54, 1.807) is 10.9 Å². The largest absolute Gasteiger partial charge is 0.396 e. The van der Waals surface area contributed by atoms with E-state index in [9.17, 15) is 20.3 Å². The van der Waals surface area contributed by atoms with Gasteiger partial charge in [0.15, 0.2) is 0 Å². The first kappa shape index (κ1) is 20.3. The van der Waals surface area contributed by atoms with Crippen LogP contribution in [0.2, 0.25) is 0 Å². The molecule has 0 radical (unpaired) electrons. The van der Waals surface area contributed by atoms with Crippen LogP contribution >= 0.6 is 0 Å². The number of nitrogen functional groups attached to an aromatic ring is 1. The summed E-state index contributed by atoms with van der Waals surface area (Å²) in [5.41, 5.74) is 6.32. The molecule has 2 saturated carbocycles. The van der Waals surface area contributed by atoms with Crippen molar-refractivity contribution < 1.29 is 15.1 Å². The maximum atomic E-state index is 10.5. The lowest BCUT2D eigenvalue weighted by Gasteiger charge is -2.25. The van der Waals surface area contributed by atoms with Gasteiger partial charge in [-0.2, -0.15) is 10.2 Å². The second-order valence-electron chi connectivity index (χ2n) is 7.61. The van der Waals surface area contributed by atoms with E-state index in [4.69, 9.17) is 5.73 Å². The van der Waals surface area contributed by atoms with Crippen molar-refractivity contribution in [3.63, 3.8) is 0 Å². The van der Waals surface area contributed by atoms with Gasteiger partial charge >= 0.3 is 5.69 Å². The number of aliphatic hydroxyl groups is 2. The SMILES string of the molecule is Nc1cnn(C2CCC(O)CC2)c1.O=[N+]([O-])c1cnn(C2CCC(O)CC2)c1. The zero-order valence-corrected chi connectivity index (χ0v) is 15.8. The molecule has 0 bridgehead atoms. The summed E-state index contributed by atoms with van der Waals surface area (Å²) in [6.45, 7) is 0. The lowest BCUT2D eigenvalue weighted by molar-refractivity contribution is -0.385. The lowest BCUT2D eigenvalue weighted by Crippen LogP contribution is -2.21. The van der Waals surface area contributed by atoms with Gasteiger partial charge in [-0.3, -0.25) is 19.5 Å². The Balaban J connectivity index is 0.000000162. The van der Waals surface area contributed by atoms with Crippen LogP contribution in [0.25, 0.3) is 0 Å². The lowest BCUT2D eigenvalue weighted by atomic mass is 9.93. The Labute approximate surface area is 163 Å². The molecule has 0 amide bonds. The molecule has 0 unspecified atom stereocenters. The molecule has 2 heterocycles. The molecule has 0 aromatic carbocycles. The third-order valence-corrected chi connectivity index (χ3v) is 5.50. The molecule has 2 aromatic rings. The first-order valence-electron chi connectivity index (χ1n) is 9.76. The summed E-state index contributed by atoms with van der Waals surface area (Å²) in [7, 11) is 0. The van der Waals surface area contributed by atoms with E-state index in [1.807, 2.05) is 10.9 Å². The van der Waals surface area contributed by atoms with E-state index in [1.165, 1.54) is 12.4 Å². The van der Waals surface area contributed by atoms with Gasteiger partial charge in [-0.1, -0.05) is 0 Å². The van der Waals surface area contributed by atoms with Crippen LogP contribution in [0, 0.1) is 10.1 Å². The van der Waals surface area contributed by atoms with Crippen LogP contribution in [0.15, 0.2) is 24.8 Å². The summed E-state index contributed by atoms with van der Waals surface area (Å²) in [4.78, 5) is 10.0. The van der Waals surface area contributed by atoms with E-state index in [-0.39, 0.29) is 23.9 Å². The Bertz CT molecular complexity index is 760. The van der Waals surface area contributed by atoms with Gasteiger partial charge < -0.3 is 15.9 Å². The number of rotatable bonds is 3. The Kier molecular flexibility index (Phi) is 6.63. The number of hydrogen-bond donors (Lipinski definition) is 3. The number of nitrogens with two attached hydrogens (primary N) is 1. The Morgan fingerprint density at radius 3 is 1.75 bits per heavy atom. The van der Waals surface area contributed by atoms with E-state index in [0.29, 0.717) is 11.7 Å². The Morgan fingerprint density at radius 2 is 1.36 bits per heavy atom. The molecule has 2 aromatic heterocycles. The molecule has 28 heavy (non-hydrogen) atoms. The van der Waals surface area contributed by atoms with Gasteiger partial charge in [0.2, 0.25) is 0 Å². The molecule has 2 aliphatic rings. The smallest absolute Gasteiger partial charge is 0.307 e. The van der Waals surface area contributed by atoms with Crippen LogP contribution < -0.4 is 5.73 Å². The Hall–Kier alpha value is -2.46. The van der Waals surface area contributed by atoms with E-state index < -0.39 is 4.92 Å². The fourth-order valence-electron chi connectivity index (χ4n) is 3.82. The van der Waals surface area contributed by atoms with Gasteiger partial charge in [0.25, 0.3) is 0 Å². The minimum Gasteiger partial charge on any atom is -0.396 e. The molecule has 0 saturated heterocycles. The molecule has 2 aliphatic carbocycles. The minimum atomic E-state index is -0.443. The molecule has 10 nitrogen and oxygen atoms in total. The van der Waals surface area contributed by atoms with Crippen LogP contribution in [-0.2, 0) is 0 Å². The normalized spacial score (nSPS) is 27.6. The summed E-state index contributed by atoms with van der Waals surface area (Å²) in [5.74, 6) is 0. The number of aliphatic hydroxyl groups excluding tert-OH is 2. The van der Waals surface area contributed by atoms with Gasteiger partial charge in [0.1, 0.15) is 12.4 Å². The molecule has 0 aliphatic heterocycles. The van der Waals surface area contributed by atoms with Crippen molar-refractivity contribution in [2.24, 2.45) is 0 Å². The first-order chi connectivity index (χ1) is 13.4. The number of anilines is 1. The number of hydrogen-bond acceptors (Lipinski definition) is 7. The zero-order valence-electron chi connectivity index (χ0n) is 15.8. The molecule has 10 heteroatoms. The summed E-state index contributed by atoms with van der Waals surface area (Å²) < 4.78 is 3.56. The molecule has 0 spiro atoms. The molecule has 4 N–H and O–H groups in total. The standard InChI is InChI=1S/C9H13N3O3.C9H15N3O/c13-9-3-1-7(2-4-9)11-6-8(5-10-11)12(14)15;10-7-5-11-12(6-7)8-1-3-9(13)4-2-8/h5-7,9,13H,1-4H2;5-6,8-9,13H,1-4,10H2. The molecule has 0 atom stereocenters. The average molecular weight is 392 g/mol. The maximum Gasteiger partial charge on any atom is 0.307 e. The maximum absolute atomic E-state index is 10.5. The van der Waals surface area contributed by atoms with E-state index in [0.717, 1.165) is 51.4 Å². The van der Waals surface area contributed by atoms with Crippen LogP contribution in [-0.4, -0.2) is 46.9 Å². The topological polar surface area (TPSA) is 145 Å². The Morgan fingerprint density at radius 1 is 0.893 bits per heavy atom. The van der Waals surface area contributed by atoms with Crippen LogP contribution in [0.4, 0.5) is 11.4 Å². The highest BCUT2D eigenvalue weighted by Gasteiger charge is 2.23. The van der Waals surface area contributed by atoms with Gasteiger partial charge in [0, 0.05) is 6.20 Å². The van der Waals surface area contributed by atoms with Crippen LogP contribution in [0.1, 0.15) is 63.5 Å². The van der Waals surface area contributed by atoms with E-state index >= 15 is 0 Å². The first-order valence-corrected chi connectivity index (χ1v) is 9.76. The molecule has 154 valence electrons. The highest BCUT2D eigenvalue weighted by atomic mass is 16.6. The number of nitrogens with zero attached hydrogens (tertiary/aromatic N) is 5. The molecule has 4 rings (SSSR count). The van der Waals surface area contributed by atoms with Crippen LogP contribution in [0.5, 0.6) is 0 Å². The minimum absolute atomic E-state index is 0.0288. The van der Waals surface area contributed by atoms with Crippen molar-refractivity contribution in [3.8, 4) is 0 Å². The van der Waals surface area contributed by atoms with Gasteiger partial charge in [-0.05, 0) is 51.4 Å². The van der Waals surface area contributed by atoms with Crippen molar-refractivity contribution in [2.75, 3.05) is 5.73 Å². The molecular weight excluding hydrogens is 364 g/mol. The third-order valence-electron chi connectivity index (χ3n) is 5.50. The highest BCUT2D eigenvalue weighted by Crippen LogP contribution is 2.29. The molecular formula is C18H28N6O4. The summed E-state index contributed by atoms with van der Waals surface area (Å²) in [6, 6.07) is 0.628. The third kappa shape index (κ3) is 5.29. The van der Waals surface area contributed by atoms with Gasteiger partial charge in [0.05, 0.1) is 41.1 Å². The van der Waals surface area contributed by atoms with Crippen molar-refractivity contribution in [1.82, 2.24) is 19.6 Å². The van der Waals surface area contributed by atoms with Gasteiger partial charge in [-0.25, -0.2) is 0 Å². The quantitative estimate of drug-likeness (QED) is 0.536. The van der Waals surface area contributed by atoms with E-state index in [2.05, 4.69) is 10.2 Å². The highest BCUT2D eigenvalue weighted by molar-refractivity contribution is 5.30. The number of nitro groups is 1. The average Bonchev–Trinajstić information content (AvgIpc) is 3.33. The zero-order chi connectivity index (χ0) is 20.1. The van der Waals surface area contributed by atoms with Crippen molar-refractivity contribution >= 4 is 11.4 Å². The fourth-order valence-corrected chi connectivity index (χ4v) is 3.82. The molecule has 2 fully saturated rings. The van der Waals surface area contributed by atoms with Crippen LogP contribution in [0.3, 0.4) is 0 Å². The predicted molar refractivity (Wildman–Crippen MR) is 103 cm³/mol. The number of aromatic nitrogens is 4. The predicted octanol–water partition coefficient (Wildman–Crippen LogP) is 2.21. The second kappa shape index (κ2) is 9.16. The fraction of sp³-hybridized carbons (Fsp3) is 0.667. The van der Waals surface area contributed by atoms with Gasteiger partial charge in [-0.15, -0.1) is 0 Å².